The Morgan fingerprint density at radius 1 is 1.17 bits per heavy atom. The highest BCUT2D eigenvalue weighted by Gasteiger charge is 2.20. The Balaban J connectivity index is 1.99. The molecule has 1 heterocycles. The van der Waals surface area contributed by atoms with E-state index in [9.17, 15) is 18.8 Å². The molecule has 0 spiro atoms. The van der Waals surface area contributed by atoms with Crippen LogP contribution >= 0.6 is 0 Å². The number of nitrogens with zero attached hydrogens (tertiary/aromatic N) is 1. The molecule has 2 N–H and O–H groups in total. The number of rotatable bonds is 3. The lowest BCUT2D eigenvalue weighted by atomic mass is 10.2. The Bertz CT molecular complexity index is 1040. The first-order valence-corrected chi connectivity index (χ1v) is 7.27. The normalized spacial score (nSPS) is 12.1. The summed E-state index contributed by atoms with van der Waals surface area (Å²) in [6.45, 7) is 1.43. The number of hydrogen-bond acceptors (Lipinski definition) is 3. The third kappa shape index (κ3) is 2.83. The van der Waals surface area contributed by atoms with Crippen molar-refractivity contribution in [2.75, 3.05) is 5.32 Å². The Morgan fingerprint density at radius 2 is 1.92 bits per heavy atom. The van der Waals surface area contributed by atoms with E-state index in [-0.39, 0.29) is 5.69 Å². The fraction of sp³-hybridized carbons (Fsp3) is 0.118. The van der Waals surface area contributed by atoms with Crippen molar-refractivity contribution >= 4 is 22.5 Å². The molecule has 0 fully saturated rings. The first-order valence-electron chi connectivity index (χ1n) is 7.27. The molecule has 2 aromatic carbocycles. The smallest absolute Gasteiger partial charge is 0.324 e. The van der Waals surface area contributed by atoms with Crippen LogP contribution < -0.4 is 16.6 Å². The average Bonchev–Trinajstić information content (AvgIpc) is 2.54. The van der Waals surface area contributed by atoms with Crippen LogP contribution in [0.5, 0.6) is 0 Å². The second-order valence-corrected chi connectivity index (χ2v) is 5.33. The molecular weight excluding hydrogens is 313 g/mol. The second-order valence-electron chi connectivity index (χ2n) is 5.33. The number of benzene rings is 2. The molecule has 3 rings (SSSR count). The summed E-state index contributed by atoms with van der Waals surface area (Å²) in [7, 11) is 0. The minimum absolute atomic E-state index is 0.247. The molecule has 3 aromatic rings. The number of anilines is 1. The van der Waals surface area contributed by atoms with Crippen LogP contribution in [0.3, 0.4) is 0 Å². The Morgan fingerprint density at radius 3 is 2.67 bits per heavy atom. The average molecular weight is 327 g/mol. The number of carbonyl (C=O) groups excluding carboxylic acids is 1. The summed E-state index contributed by atoms with van der Waals surface area (Å²) >= 11 is 0. The van der Waals surface area contributed by atoms with Crippen LogP contribution in [0.4, 0.5) is 10.1 Å². The van der Waals surface area contributed by atoms with Crippen molar-refractivity contribution in [1.82, 2.24) is 9.55 Å². The van der Waals surface area contributed by atoms with E-state index in [4.69, 9.17) is 0 Å². The van der Waals surface area contributed by atoms with Gasteiger partial charge in [-0.05, 0) is 37.3 Å². The van der Waals surface area contributed by atoms with Crippen LogP contribution in [0.25, 0.3) is 10.9 Å². The number of aromatic amines is 1. The van der Waals surface area contributed by atoms with Gasteiger partial charge in [0, 0.05) is 5.69 Å². The Hall–Kier alpha value is -3.22. The maximum absolute atomic E-state index is 13.2. The van der Waals surface area contributed by atoms with Gasteiger partial charge in [-0.1, -0.05) is 18.2 Å². The van der Waals surface area contributed by atoms with Crippen LogP contribution in [-0.4, -0.2) is 15.5 Å². The van der Waals surface area contributed by atoms with Gasteiger partial charge in [0.2, 0.25) is 5.91 Å². The lowest BCUT2D eigenvalue weighted by Crippen LogP contribution is -2.41. The molecule has 0 bridgehead atoms. The van der Waals surface area contributed by atoms with E-state index >= 15 is 0 Å². The van der Waals surface area contributed by atoms with Crippen LogP contribution in [0.1, 0.15) is 13.0 Å². The minimum atomic E-state index is -1.06. The zero-order chi connectivity index (χ0) is 17.3. The summed E-state index contributed by atoms with van der Waals surface area (Å²) in [5, 5.41) is 2.80. The highest BCUT2D eigenvalue weighted by atomic mass is 19.1. The number of nitrogens with one attached hydrogen (secondary N) is 2. The molecule has 0 radical (unpaired) electrons. The van der Waals surface area contributed by atoms with Gasteiger partial charge in [0.25, 0.3) is 5.56 Å². The summed E-state index contributed by atoms with van der Waals surface area (Å²) in [4.78, 5) is 39.6. The summed E-state index contributed by atoms with van der Waals surface area (Å²) < 4.78 is 14.0. The van der Waals surface area contributed by atoms with E-state index in [2.05, 4.69) is 10.3 Å². The van der Waals surface area contributed by atoms with Crippen molar-refractivity contribution in [3.8, 4) is 0 Å². The topological polar surface area (TPSA) is 84.0 Å². The fourth-order valence-electron chi connectivity index (χ4n) is 2.46. The largest absolute Gasteiger partial charge is 0.329 e. The molecule has 0 aliphatic carbocycles. The zero-order valence-corrected chi connectivity index (χ0v) is 12.7. The predicted molar refractivity (Wildman–Crippen MR) is 88.6 cm³/mol. The van der Waals surface area contributed by atoms with Crippen molar-refractivity contribution in [1.29, 1.82) is 0 Å². The number of carbonyl (C=O) groups is 1. The number of aromatic nitrogens is 2. The number of H-pyrrole nitrogens is 1. The SMILES string of the molecule is CC(C(=O)Nc1cccc(F)c1)n1c(=O)[nH]c2ccccc2c1=O. The van der Waals surface area contributed by atoms with Gasteiger partial charge in [-0.25, -0.2) is 13.8 Å². The summed E-state index contributed by atoms with van der Waals surface area (Å²) in [6.07, 6.45) is 0. The van der Waals surface area contributed by atoms with Crippen LogP contribution in [0.2, 0.25) is 0 Å². The summed E-state index contributed by atoms with van der Waals surface area (Å²) in [5.41, 5.74) is -0.588. The van der Waals surface area contributed by atoms with Gasteiger partial charge >= 0.3 is 5.69 Å². The molecule has 1 unspecified atom stereocenters. The van der Waals surface area contributed by atoms with Gasteiger partial charge in [-0.2, -0.15) is 0 Å². The predicted octanol–water partition coefficient (Wildman–Crippen LogP) is 2.03. The third-order valence-corrected chi connectivity index (χ3v) is 3.70. The van der Waals surface area contributed by atoms with E-state index in [1.807, 2.05) is 0 Å². The monoisotopic (exact) mass is 327 g/mol. The molecule has 1 aromatic heterocycles. The maximum Gasteiger partial charge on any atom is 0.329 e. The molecule has 1 atom stereocenters. The van der Waals surface area contributed by atoms with E-state index in [0.29, 0.717) is 10.9 Å². The van der Waals surface area contributed by atoms with Gasteiger partial charge in [0.05, 0.1) is 10.9 Å². The van der Waals surface area contributed by atoms with E-state index in [1.54, 1.807) is 24.3 Å². The van der Waals surface area contributed by atoms with E-state index < -0.39 is 29.0 Å². The Kier molecular flexibility index (Phi) is 3.99. The molecule has 0 aliphatic heterocycles. The van der Waals surface area contributed by atoms with Crippen molar-refractivity contribution in [2.45, 2.75) is 13.0 Å². The van der Waals surface area contributed by atoms with E-state index in [0.717, 1.165) is 10.6 Å². The fourth-order valence-corrected chi connectivity index (χ4v) is 2.46. The molecule has 6 nitrogen and oxygen atoms in total. The summed E-state index contributed by atoms with van der Waals surface area (Å²) in [6, 6.07) is 10.9. The van der Waals surface area contributed by atoms with Crippen LogP contribution in [0, 0.1) is 5.82 Å². The molecular formula is C17H14FN3O3. The number of fused-ring (bicyclic) bond motifs is 1. The van der Waals surface area contributed by atoms with Crippen molar-refractivity contribution < 1.29 is 9.18 Å². The minimum Gasteiger partial charge on any atom is -0.324 e. The highest BCUT2D eigenvalue weighted by molar-refractivity contribution is 5.93. The van der Waals surface area contributed by atoms with Gasteiger partial charge < -0.3 is 10.3 Å². The maximum atomic E-state index is 13.2. The van der Waals surface area contributed by atoms with Gasteiger partial charge in [-0.3, -0.25) is 9.59 Å². The number of amides is 1. The quantitative estimate of drug-likeness (QED) is 0.772. The lowest BCUT2D eigenvalue weighted by molar-refractivity contribution is -0.119. The molecule has 0 aliphatic rings. The van der Waals surface area contributed by atoms with Crippen LogP contribution in [-0.2, 0) is 4.79 Å². The molecule has 24 heavy (non-hydrogen) atoms. The van der Waals surface area contributed by atoms with Crippen molar-refractivity contribution in [3.63, 3.8) is 0 Å². The molecule has 7 heteroatoms. The first-order chi connectivity index (χ1) is 11.5. The molecule has 1 amide bonds. The van der Waals surface area contributed by atoms with Crippen molar-refractivity contribution in [2.24, 2.45) is 0 Å². The van der Waals surface area contributed by atoms with Crippen LogP contribution in [0.15, 0.2) is 58.1 Å². The molecule has 0 saturated carbocycles. The number of halogens is 1. The first kappa shape index (κ1) is 15.7. The van der Waals surface area contributed by atoms with E-state index in [1.165, 1.54) is 25.1 Å². The lowest BCUT2D eigenvalue weighted by Gasteiger charge is -2.15. The number of para-hydroxylation sites is 1. The zero-order valence-electron chi connectivity index (χ0n) is 12.7. The van der Waals surface area contributed by atoms with Gasteiger partial charge in [0.1, 0.15) is 11.9 Å². The van der Waals surface area contributed by atoms with Gasteiger partial charge in [-0.15, -0.1) is 0 Å². The second kappa shape index (κ2) is 6.11. The third-order valence-electron chi connectivity index (χ3n) is 3.70. The van der Waals surface area contributed by atoms with Crippen molar-refractivity contribution in [3.05, 3.63) is 75.2 Å². The highest BCUT2D eigenvalue weighted by Crippen LogP contribution is 2.12. The summed E-state index contributed by atoms with van der Waals surface area (Å²) in [5.74, 6) is -1.09. The molecule has 122 valence electrons. The standard InChI is InChI=1S/C17H14FN3O3/c1-10(15(22)19-12-6-4-5-11(18)9-12)21-16(23)13-7-2-3-8-14(13)20-17(21)24/h2-10H,1H3,(H,19,22)(H,20,24). The van der Waals surface area contributed by atoms with Gasteiger partial charge in [0.15, 0.2) is 0 Å². The number of hydrogen-bond donors (Lipinski definition) is 2. The molecule has 0 saturated heterocycles. The Labute approximate surface area is 135 Å².